The van der Waals surface area contributed by atoms with Crippen molar-refractivity contribution in [1.82, 2.24) is 14.4 Å². The molecule has 10 heteroatoms. The van der Waals surface area contributed by atoms with Crippen LogP contribution in [0.2, 0.25) is 0 Å². The number of aliphatic carboxylic acids is 1. The minimum absolute atomic E-state index is 0.114. The Morgan fingerprint density at radius 2 is 1.62 bits per heavy atom. The maximum atomic E-state index is 12.9. The van der Waals surface area contributed by atoms with Crippen LogP contribution in [-0.2, 0) is 18.1 Å². The number of carboxylic acid groups (broad SMARTS) is 1. The lowest BCUT2D eigenvalue weighted by Gasteiger charge is -2.41. The van der Waals surface area contributed by atoms with E-state index in [-0.39, 0.29) is 12.5 Å². The number of piperazine rings is 1. The first kappa shape index (κ1) is 20.8. The fourth-order valence-electron chi connectivity index (χ4n) is 2.74. The zero-order valence-corrected chi connectivity index (χ0v) is 16.0. The maximum Gasteiger partial charge on any atom is 0.636 e. The highest BCUT2D eigenvalue weighted by Crippen LogP contribution is 2.17. The number of carbonyl (C=O) groups is 2. The zero-order valence-electron chi connectivity index (χ0n) is 15.0. The van der Waals surface area contributed by atoms with E-state index in [4.69, 9.17) is 18.4 Å². The summed E-state index contributed by atoms with van der Waals surface area (Å²) in [5, 5.41) is 8.75. The summed E-state index contributed by atoms with van der Waals surface area (Å²) in [4.78, 5) is 27.4. The van der Waals surface area contributed by atoms with Gasteiger partial charge in [-0.1, -0.05) is 6.92 Å². The normalized spacial score (nSPS) is 16.2. The Morgan fingerprint density at radius 1 is 1.08 bits per heavy atom. The zero-order chi connectivity index (χ0) is 18.2. The number of carbonyl (C=O) groups excluding carboxylic acids is 1. The smallest absolute Gasteiger partial charge is 0.481 e. The summed E-state index contributed by atoms with van der Waals surface area (Å²) < 4.78 is 17.9. The standard InChI is InChI=1S/C14H29N3O6Si/c1-5-7-17(24(21-2,22-3)23-4)14(20)16-11-9-15(10-12-16)8-6-13(18)19/h5-12H2,1-4H3,(H,18,19). The summed E-state index contributed by atoms with van der Waals surface area (Å²) in [6.07, 6.45) is 0.873. The maximum absolute atomic E-state index is 12.9. The SMILES string of the molecule is CCCN(C(=O)N1CCN(CCC(=O)O)CC1)[Si](OC)(OC)OC. The van der Waals surface area contributed by atoms with Gasteiger partial charge in [0.2, 0.25) is 0 Å². The number of hydrogen-bond donors (Lipinski definition) is 1. The van der Waals surface area contributed by atoms with Crippen molar-refractivity contribution < 1.29 is 28.0 Å². The summed E-state index contributed by atoms with van der Waals surface area (Å²) in [7, 11) is 1.24. The van der Waals surface area contributed by atoms with Gasteiger partial charge in [0.1, 0.15) is 0 Å². The lowest BCUT2D eigenvalue weighted by Crippen LogP contribution is -2.65. The Bertz CT molecular complexity index is 405. The van der Waals surface area contributed by atoms with Gasteiger partial charge in [0.25, 0.3) is 0 Å². The first-order chi connectivity index (χ1) is 11.4. The van der Waals surface area contributed by atoms with Gasteiger partial charge in [0, 0.05) is 60.6 Å². The molecule has 9 nitrogen and oxygen atoms in total. The molecule has 1 aliphatic heterocycles. The van der Waals surface area contributed by atoms with E-state index < -0.39 is 14.9 Å². The number of urea groups is 1. The molecule has 2 amide bonds. The summed E-state index contributed by atoms with van der Waals surface area (Å²) in [5.74, 6) is -0.807. The second kappa shape index (κ2) is 9.94. The molecule has 1 heterocycles. The monoisotopic (exact) mass is 363 g/mol. The quantitative estimate of drug-likeness (QED) is 0.589. The van der Waals surface area contributed by atoms with E-state index in [1.54, 1.807) is 9.47 Å². The van der Waals surface area contributed by atoms with Crippen molar-refractivity contribution in [2.75, 3.05) is 60.6 Å². The van der Waals surface area contributed by atoms with Crippen molar-refractivity contribution >= 4 is 21.0 Å². The first-order valence-electron chi connectivity index (χ1n) is 8.10. The Hall–Kier alpha value is -1.20. The highest BCUT2D eigenvalue weighted by atomic mass is 28.4. The molecule has 140 valence electrons. The van der Waals surface area contributed by atoms with E-state index in [0.717, 1.165) is 6.42 Å². The summed E-state index contributed by atoms with van der Waals surface area (Å²) in [5.41, 5.74) is 0. The van der Waals surface area contributed by atoms with Gasteiger partial charge in [0.15, 0.2) is 0 Å². The fourth-order valence-corrected chi connectivity index (χ4v) is 4.78. The minimum Gasteiger partial charge on any atom is -0.481 e. The van der Waals surface area contributed by atoms with E-state index in [2.05, 4.69) is 4.90 Å². The van der Waals surface area contributed by atoms with Crippen LogP contribution in [-0.4, -0.2) is 101 Å². The van der Waals surface area contributed by atoms with Crippen molar-refractivity contribution in [3.05, 3.63) is 0 Å². The molecular formula is C14H29N3O6Si. The summed E-state index contributed by atoms with van der Waals surface area (Å²) in [6, 6.07) is -0.160. The number of hydrogen-bond acceptors (Lipinski definition) is 6. The third kappa shape index (κ3) is 5.15. The molecule has 0 bridgehead atoms. The van der Waals surface area contributed by atoms with Gasteiger partial charge in [-0.15, -0.1) is 0 Å². The lowest BCUT2D eigenvalue weighted by atomic mass is 10.3. The minimum atomic E-state index is -3.21. The number of nitrogens with zero attached hydrogens (tertiary/aromatic N) is 3. The van der Waals surface area contributed by atoms with Crippen molar-refractivity contribution in [3.63, 3.8) is 0 Å². The fraction of sp³-hybridized carbons (Fsp3) is 0.857. The molecule has 1 aliphatic rings. The molecule has 1 saturated heterocycles. The van der Waals surface area contributed by atoms with Gasteiger partial charge < -0.3 is 23.3 Å². The highest BCUT2D eigenvalue weighted by Gasteiger charge is 2.50. The Morgan fingerprint density at radius 3 is 2.04 bits per heavy atom. The molecule has 24 heavy (non-hydrogen) atoms. The van der Waals surface area contributed by atoms with E-state index in [9.17, 15) is 9.59 Å². The van der Waals surface area contributed by atoms with Gasteiger partial charge >= 0.3 is 21.0 Å². The van der Waals surface area contributed by atoms with Crippen LogP contribution in [0.15, 0.2) is 0 Å². The molecule has 0 aromatic heterocycles. The molecule has 0 atom stereocenters. The van der Waals surface area contributed by atoms with Crippen LogP contribution in [0.25, 0.3) is 0 Å². The van der Waals surface area contributed by atoms with Gasteiger partial charge in [0.05, 0.1) is 6.42 Å². The predicted octanol–water partition coefficient (Wildman–Crippen LogP) is 0.286. The van der Waals surface area contributed by atoms with E-state index in [0.29, 0.717) is 39.3 Å². The van der Waals surface area contributed by atoms with Crippen molar-refractivity contribution in [1.29, 1.82) is 0 Å². The molecule has 0 aromatic carbocycles. The van der Waals surface area contributed by atoms with E-state index in [1.807, 2.05) is 6.92 Å². The van der Waals surface area contributed by atoms with Gasteiger partial charge in [-0.2, -0.15) is 0 Å². The van der Waals surface area contributed by atoms with Crippen molar-refractivity contribution in [2.45, 2.75) is 19.8 Å². The summed E-state index contributed by atoms with van der Waals surface area (Å²) >= 11 is 0. The molecule has 1 rings (SSSR count). The van der Waals surface area contributed by atoms with Crippen molar-refractivity contribution in [2.24, 2.45) is 0 Å². The lowest BCUT2D eigenvalue weighted by molar-refractivity contribution is -0.137. The highest BCUT2D eigenvalue weighted by molar-refractivity contribution is 6.60. The Balaban J connectivity index is 2.71. The number of rotatable bonds is 9. The van der Waals surface area contributed by atoms with Gasteiger partial charge in [-0.3, -0.25) is 14.3 Å². The number of amides is 2. The molecule has 0 saturated carbocycles. The largest absolute Gasteiger partial charge is 0.636 e. The Labute approximate surface area is 144 Å². The molecule has 0 radical (unpaired) electrons. The van der Waals surface area contributed by atoms with Crippen molar-refractivity contribution in [3.8, 4) is 0 Å². The first-order valence-corrected chi connectivity index (χ1v) is 9.77. The van der Waals surface area contributed by atoms with E-state index in [1.165, 1.54) is 21.3 Å². The molecule has 1 N–H and O–H groups in total. The molecular weight excluding hydrogens is 334 g/mol. The van der Waals surface area contributed by atoms with Crippen LogP contribution in [0.4, 0.5) is 4.79 Å². The average Bonchev–Trinajstić information content (AvgIpc) is 2.60. The van der Waals surface area contributed by atoms with Gasteiger partial charge in [-0.25, -0.2) is 4.79 Å². The molecule has 0 aliphatic carbocycles. The molecule has 0 spiro atoms. The van der Waals surface area contributed by atoms with Crippen LogP contribution in [0.3, 0.4) is 0 Å². The van der Waals surface area contributed by atoms with Gasteiger partial charge in [-0.05, 0) is 6.42 Å². The third-order valence-corrected chi connectivity index (χ3v) is 6.69. The summed E-state index contributed by atoms with van der Waals surface area (Å²) in [6.45, 7) is 5.36. The van der Waals surface area contributed by atoms with Crippen LogP contribution >= 0.6 is 0 Å². The van der Waals surface area contributed by atoms with Crippen LogP contribution in [0.1, 0.15) is 19.8 Å². The molecule has 1 fully saturated rings. The second-order valence-electron chi connectivity index (χ2n) is 5.54. The van der Waals surface area contributed by atoms with E-state index >= 15 is 0 Å². The second-order valence-corrected chi connectivity index (χ2v) is 8.36. The number of carboxylic acids is 1. The average molecular weight is 363 g/mol. The topological polar surface area (TPSA) is 91.8 Å². The van der Waals surface area contributed by atoms with Crippen LogP contribution in [0.5, 0.6) is 0 Å². The predicted molar refractivity (Wildman–Crippen MR) is 89.4 cm³/mol. The molecule has 0 aromatic rings. The third-order valence-electron chi connectivity index (χ3n) is 4.07. The van der Waals surface area contributed by atoms with Crippen LogP contribution in [0, 0.1) is 0 Å². The van der Waals surface area contributed by atoms with Crippen LogP contribution < -0.4 is 0 Å². The Kier molecular flexibility index (Phi) is 8.63. The molecule has 0 unspecified atom stereocenters.